The van der Waals surface area contributed by atoms with Crippen LogP contribution in [0.3, 0.4) is 0 Å². The number of benzene rings is 3. The average molecular weight is 479 g/mol. The molecule has 0 unspecified atom stereocenters. The molecule has 4 rings (SSSR count). The largest absolute Gasteiger partial charge is 0.424 e. The summed E-state index contributed by atoms with van der Waals surface area (Å²) >= 11 is 6.21. The van der Waals surface area contributed by atoms with Crippen LogP contribution in [0.25, 0.3) is 0 Å². The van der Waals surface area contributed by atoms with E-state index in [9.17, 15) is 9.90 Å². The highest BCUT2D eigenvalue weighted by Crippen LogP contribution is 2.53. The SMILES string of the molecule is CC(C)(CCCCC1(c2ccc(Cl)c(CO)c2)CC1)[Si](O)(c1ccccc1)c1ccccc1. The van der Waals surface area contributed by atoms with E-state index in [1.165, 1.54) is 18.4 Å². The van der Waals surface area contributed by atoms with E-state index in [4.69, 9.17) is 11.6 Å². The number of hydrogen-bond acceptors (Lipinski definition) is 2. The monoisotopic (exact) mass is 478 g/mol. The van der Waals surface area contributed by atoms with E-state index in [-0.39, 0.29) is 17.1 Å². The predicted octanol–water partition coefficient (Wildman–Crippen LogP) is 5.96. The quantitative estimate of drug-likeness (QED) is 0.279. The second-order valence-corrected chi connectivity index (χ2v) is 14.6. The number of unbranched alkanes of at least 4 members (excludes halogenated alkanes) is 1. The van der Waals surface area contributed by atoms with Gasteiger partial charge in [0.15, 0.2) is 0 Å². The highest BCUT2D eigenvalue weighted by Gasteiger charge is 2.49. The first kappa shape index (κ1) is 24.2. The Hall–Kier alpha value is -1.91. The van der Waals surface area contributed by atoms with E-state index in [2.05, 4.69) is 50.2 Å². The average Bonchev–Trinajstić information content (AvgIpc) is 3.63. The van der Waals surface area contributed by atoms with Gasteiger partial charge in [0, 0.05) is 5.02 Å². The zero-order chi connectivity index (χ0) is 23.5. The Morgan fingerprint density at radius 2 is 1.45 bits per heavy atom. The van der Waals surface area contributed by atoms with Gasteiger partial charge in [0.05, 0.1) is 6.61 Å². The molecule has 3 aromatic carbocycles. The molecule has 0 aliphatic heterocycles. The van der Waals surface area contributed by atoms with Gasteiger partial charge in [0.1, 0.15) is 0 Å². The van der Waals surface area contributed by atoms with E-state index in [0.717, 1.165) is 41.6 Å². The van der Waals surface area contributed by atoms with Gasteiger partial charge in [-0.15, -0.1) is 0 Å². The number of hydrogen-bond donors (Lipinski definition) is 2. The van der Waals surface area contributed by atoms with E-state index >= 15 is 0 Å². The van der Waals surface area contributed by atoms with Gasteiger partial charge in [-0.25, -0.2) is 0 Å². The Balaban J connectivity index is 1.47. The maximum Gasteiger partial charge on any atom is 0.258 e. The first-order chi connectivity index (χ1) is 15.8. The molecule has 0 spiro atoms. The van der Waals surface area contributed by atoms with E-state index < -0.39 is 8.32 Å². The van der Waals surface area contributed by atoms with Gasteiger partial charge in [-0.1, -0.05) is 111 Å². The fourth-order valence-electron chi connectivity index (χ4n) is 5.38. The Morgan fingerprint density at radius 1 is 0.879 bits per heavy atom. The van der Waals surface area contributed by atoms with Gasteiger partial charge in [-0.2, -0.15) is 0 Å². The molecule has 33 heavy (non-hydrogen) atoms. The van der Waals surface area contributed by atoms with Gasteiger partial charge in [0.2, 0.25) is 0 Å². The van der Waals surface area contributed by atoms with Crippen LogP contribution < -0.4 is 10.4 Å². The van der Waals surface area contributed by atoms with Crippen molar-refractivity contribution in [2.45, 2.75) is 69.4 Å². The van der Waals surface area contributed by atoms with Crippen LogP contribution in [0.5, 0.6) is 0 Å². The summed E-state index contributed by atoms with van der Waals surface area (Å²) in [4.78, 5) is 12.3. The molecule has 1 fully saturated rings. The van der Waals surface area contributed by atoms with Gasteiger partial charge in [0.25, 0.3) is 8.32 Å². The molecule has 0 radical (unpaired) electrons. The van der Waals surface area contributed by atoms with Crippen LogP contribution >= 0.6 is 11.6 Å². The van der Waals surface area contributed by atoms with Crippen molar-refractivity contribution in [1.82, 2.24) is 0 Å². The van der Waals surface area contributed by atoms with Crippen molar-refractivity contribution >= 4 is 30.3 Å². The van der Waals surface area contributed by atoms with Crippen LogP contribution in [-0.4, -0.2) is 18.2 Å². The van der Waals surface area contributed by atoms with Gasteiger partial charge in [-0.3, -0.25) is 0 Å². The predicted molar refractivity (Wildman–Crippen MR) is 141 cm³/mol. The van der Waals surface area contributed by atoms with E-state index in [1.807, 2.05) is 42.5 Å². The Bertz CT molecular complexity index is 1020. The summed E-state index contributed by atoms with van der Waals surface area (Å²) < 4.78 is 0. The number of rotatable bonds is 10. The highest BCUT2D eigenvalue weighted by molar-refractivity contribution is 6.98. The molecule has 1 aliphatic carbocycles. The van der Waals surface area contributed by atoms with Gasteiger partial charge < -0.3 is 9.90 Å². The van der Waals surface area contributed by atoms with Crippen LogP contribution in [0.15, 0.2) is 78.9 Å². The summed E-state index contributed by atoms with van der Waals surface area (Å²) in [6, 6.07) is 26.7. The summed E-state index contributed by atoms with van der Waals surface area (Å²) in [6.07, 6.45) is 6.76. The summed E-state index contributed by atoms with van der Waals surface area (Å²) in [5.41, 5.74) is 2.38. The van der Waals surface area contributed by atoms with Crippen LogP contribution in [0.1, 0.15) is 63.5 Å². The maximum atomic E-state index is 12.3. The van der Waals surface area contributed by atoms with Gasteiger partial charge in [-0.05, 0) is 63.7 Å². The molecule has 0 bridgehead atoms. The topological polar surface area (TPSA) is 40.5 Å². The van der Waals surface area contributed by atoms with Crippen LogP contribution in [0.4, 0.5) is 0 Å². The smallest absolute Gasteiger partial charge is 0.258 e. The third kappa shape index (κ3) is 4.83. The molecular weight excluding hydrogens is 444 g/mol. The molecular formula is C29H35ClO2Si. The molecule has 0 heterocycles. The second kappa shape index (κ2) is 9.75. The number of aliphatic hydroxyl groups is 1. The molecule has 1 aliphatic rings. The zero-order valence-corrected chi connectivity index (χ0v) is 21.5. The Labute approximate surface area is 204 Å². The Morgan fingerprint density at radius 3 is 1.97 bits per heavy atom. The lowest BCUT2D eigenvalue weighted by Gasteiger charge is -2.41. The first-order valence-electron chi connectivity index (χ1n) is 12.1. The molecule has 0 amide bonds. The van der Waals surface area contributed by atoms with Crippen molar-refractivity contribution in [1.29, 1.82) is 0 Å². The summed E-state index contributed by atoms with van der Waals surface area (Å²) in [5.74, 6) is 0. The maximum absolute atomic E-state index is 12.3. The first-order valence-corrected chi connectivity index (χ1v) is 14.4. The molecule has 2 nitrogen and oxygen atoms in total. The minimum absolute atomic E-state index is 0.0148. The highest BCUT2D eigenvalue weighted by atomic mass is 35.5. The second-order valence-electron chi connectivity index (χ2n) is 10.3. The lowest BCUT2D eigenvalue weighted by molar-refractivity contribution is 0.281. The third-order valence-corrected chi connectivity index (χ3v) is 12.7. The summed E-state index contributed by atoms with van der Waals surface area (Å²) in [6.45, 7) is 4.48. The molecule has 4 heteroatoms. The molecule has 0 aromatic heterocycles. The fraction of sp³-hybridized carbons (Fsp3) is 0.379. The number of aliphatic hydroxyl groups excluding tert-OH is 1. The van der Waals surface area contributed by atoms with Crippen molar-refractivity contribution in [3.8, 4) is 0 Å². The fourth-order valence-corrected chi connectivity index (χ4v) is 9.34. The molecule has 0 atom stereocenters. The van der Waals surface area contributed by atoms with Crippen molar-refractivity contribution in [2.24, 2.45) is 0 Å². The number of halogens is 1. The standard InChI is InChI=1S/C29H35ClO2Si/c1-28(2,33(32,25-11-5-3-6-12-25)26-13-7-4-8-14-26)17-9-10-18-29(19-20-29)24-15-16-27(30)23(21-24)22-31/h3-8,11-16,21,31-32H,9-10,17-20,22H2,1-2H3. The van der Waals surface area contributed by atoms with E-state index in [0.29, 0.717) is 5.02 Å². The molecule has 0 saturated heterocycles. The lowest BCUT2D eigenvalue weighted by Crippen LogP contribution is -2.65. The third-order valence-electron chi connectivity index (χ3n) is 7.75. The lowest BCUT2D eigenvalue weighted by atomic mass is 9.88. The Kier molecular flexibility index (Phi) is 7.16. The van der Waals surface area contributed by atoms with Crippen molar-refractivity contribution < 1.29 is 9.90 Å². The summed E-state index contributed by atoms with van der Waals surface area (Å²) in [7, 11) is -2.93. The van der Waals surface area contributed by atoms with Crippen LogP contribution in [0, 0.1) is 0 Å². The van der Waals surface area contributed by atoms with Crippen LogP contribution in [0.2, 0.25) is 10.1 Å². The molecule has 174 valence electrons. The molecule has 3 aromatic rings. The zero-order valence-electron chi connectivity index (χ0n) is 19.7. The van der Waals surface area contributed by atoms with Gasteiger partial charge >= 0.3 is 0 Å². The minimum atomic E-state index is -2.93. The normalized spacial score (nSPS) is 15.4. The molecule has 2 N–H and O–H groups in total. The van der Waals surface area contributed by atoms with Crippen molar-refractivity contribution in [3.05, 3.63) is 95.0 Å². The van der Waals surface area contributed by atoms with Crippen molar-refractivity contribution in [2.75, 3.05) is 0 Å². The van der Waals surface area contributed by atoms with Crippen LogP contribution in [-0.2, 0) is 12.0 Å². The molecule has 1 saturated carbocycles. The minimum Gasteiger partial charge on any atom is -0.424 e. The summed E-state index contributed by atoms with van der Waals surface area (Å²) in [5, 5.41) is 12.2. The van der Waals surface area contributed by atoms with E-state index in [1.54, 1.807) is 0 Å². The van der Waals surface area contributed by atoms with Crippen molar-refractivity contribution in [3.63, 3.8) is 0 Å².